The Kier molecular flexibility index (Phi) is 7.62. The normalized spacial score (nSPS) is 14.2. The van der Waals surface area contributed by atoms with E-state index in [0.717, 1.165) is 14.3 Å². The van der Waals surface area contributed by atoms with Gasteiger partial charge in [-0.3, -0.25) is 0 Å². The maximum Gasteiger partial charge on any atom is 0.126 e. The van der Waals surface area contributed by atoms with Crippen molar-refractivity contribution < 1.29 is 0 Å². The second kappa shape index (κ2) is 6.26. The molecule has 0 saturated carbocycles. The summed E-state index contributed by atoms with van der Waals surface area (Å²) in [7, 11) is 0. The topological polar surface area (TPSA) is 0 Å². The first kappa shape index (κ1) is 14.6. The van der Waals surface area contributed by atoms with Gasteiger partial charge < -0.3 is 0 Å². The molecule has 0 aromatic rings. The SMILES string of the molecule is CCC(Br)C(Br)(Br)C(Br)=C(Br)Br. The molecule has 0 spiro atoms. The van der Waals surface area contributed by atoms with E-state index < -0.39 is 0 Å². The molecule has 0 nitrogen and oxygen atoms in total. The summed E-state index contributed by atoms with van der Waals surface area (Å²) in [5.74, 6) is 0. The van der Waals surface area contributed by atoms with Gasteiger partial charge in [-0.25, -0.2) is 0 Å². The lowest BCUT2D eigenvalue weighted by Crippen LogP contribution is -2.24. The van der Waals surface area contributed by atoms with Crippen LogP contribution in [0.1, 0.15) is 13.3 Å². The van der Waals surface area contributed by atoms with E-state index in [1.54, 1.807) is 0 Å². The molecule has 0 fully saturated rings. The lowest BCUT2D eigenvalue weighted by atomic mass is 10.2. The average molecular weight is 558 g/mol. The molecular weight excluding hydrogens is 551 g/mol. The van der Waals surface area contributed by atoms with Gasteiger partial charge in [-0.15, -0.1) is 0 Å². The number of halogens is 6. The zero-order valence-electron chi connectivity index (χ0n) is 6.05. The Balaban J connectivity index is 4.73. The summed E-state index contributed by atoms with van der Waals surface area (Å²) < 4.78 is 1.61. The van der Waals surface area contributed by atoms with Crippen molar-refractivity contribution in [3.63, 3.8) is 0 Å². The molecule has 0 amide bonds. The van der Waals surface area contributed by atoms with Crippen LogP contribution in [0.5, 0.6) is 0 Å². The molecule has 1 unspecified atom stereocenters. The summed E-state index contributed by atoms with van der Waals surface area (Å²) in [5, 5.41) is 0. The molecule has 0 bridgehead atoms. The minimum Gasteiger partial charge on any atom is -0.0862 e. The van der Waals surface area contributed by atoms with E-state index in [9.17, 15) is 0 Å². The molecule has 0 radical (unpaired) electrons. The summed E-state index contributed by atoms with van der Waals surface area (Å²) in [6, 6.07) is 0. The molecule has 6 heteroatoms. The van der Waals surface area contributed by atoms with Gasteiger partial charge in [0, 0.05) is 9.31 Å². The second-order valence-corrected chi connectivity index (χ2v) is 10.2. The van der Waals surface area contributed by atoms with E-state index in [2.05, 4.69) is 103 Å². The lowest BCUT2D eigenvalue weighted by Gasteiger charge is -2.25. The van der Waals surface area contributed by atoms with Gasteiger partial charge in [0.2, 0.25) is 0 Å². The van der Waals surface area contributed by atoms with Crippen LogP contribution in [-0.4, -0.2) is 8.06 Å². The Morgan fingerprint density at radius 1 is 1.25 bits per heavy atom. The summed E-state index contributed by atoms with van der Waals surface area (Å²) in [5.41, 5.74) is 0. The average Bonchev–Trinajstić information content (AvgIpc) is 2.01. The van der Waals surface area contributed by atoms with Crippen molar-refractivity contribution in [1.29, 1.82) is 0 Å². The Hall–Kier alpha value is 2.62. The molecule has 0 aromatic carbocycles. The van der Waals surface area contributed by atoms with Crippen molar-refractivity contribution in [3.8, 4) is 0 Å². The standard InChI is InChI=1S/C6H6Br6/c1-2-3(7)6(11,12)4(8)5(9)10/h3H,2H2,1H3. The molecule has 0 aliphatic carbocycles. The fourth-order valence-electron chi connectivity index (χ4n) is 0.520. The molecule has 0 aliphatic heterocycles. The molecular formula is C6H6Br6. The Morgan fingerprint density at radius 3 is 1.92 bits per heavy atom. The number of alkyl halides is 3. The van der Waals surface area contributed by atoms with Gasteiger partial charge in [-0.1, -0.05) is 70.6 Å². The fourth-order valence-corrected chi connectivity index (χ4v) is 4.07. The van der Waals surface area contributed by atoms with Crippen molar-refractivity contribution in [3.05, 3.63) is 7.87 Å². The van der Waals surface area contributed by atoms with Crippen molar-refractivity contribution >= 4 is 95.6 Å². The largest absolute Gasteiger partial charge is 0.126 e. The van der Waals surface area contributed by atoms with Crippen LogP contribution in [0, 0.1) is 0 Å². The van der Waals surface area contributed by atoms with E-state index in [-0.39, 0.29) is 3.23 Å². The number of allylic oxidation sites excluding steroid dienone is 1. The van der Waals surface area contributed by atoms with Gasteiger partial charge in [-0.05, 0) is 38.3 Å². The zero-order chi connectivity index (χ0) is 9.94. The quantitative estimate of drug-likeness (QED) is 0.374. The summed E-state index contributed by atoms with van der Waals surface area (Å²) in [4.78, 5) is 0.310. The highest BCUT2D eigenvalue weighted by Crippen LogP contribution is 2.48. The first-order chi connectivity index (χ1) is 5.34. The maximum atomic E-state index is 3.58. The second-order valence-electron chi connectivity index (χ2n) is 2.07. The van der Waals surface area contributed by atoms with Crippen LogP contribution in [0.25, 0.3) is 0 Å². The van der Waals surface area contributed by atoms with E-state index in [1.165, 1.54) is 0 Å². The minimum atomic E-state index is -0.267. The maximum absolute atomic E-state index is 3.58. The predicted octanol–water partition coefficient (Wildman–Crippen LogP) is 6.00. The number of rotatable bonds is 3. The van der Waals surface area contributed by atoms with Gasteiger partial charge >= 0.3 is 0 Å². The summed E-state index contributed by atoms with van der Waals surface area (Å²) in [6.45, 7) is 2.11. The van der Waals surface area contributed by atoms with Crippen LogP contribution in [0.3, 0.4) is 0 Å². The molecule has 0 saturated heterocycles. The third-order valence-corrected chi connectivity index (χ3v) is 9.61. The Morgan fingerprint density at radius 2 is 1.67 bits per heavy atom. The summed E-state index contributed by atoms with van der Waals surface area (Å²) >= 11 is 20.9. The van der Waals surface area contributed by atoms with Gasteiger partial charge in [0.15, 0.2) is 0 Å². The molecule has 1 atom stereocenters. The van der Waals surface area contributed by atoms with Crippen LogP contribution >= 0.6 is 95.6 Å². The Bertz CT molecular complexity index is 180. The predicted molar refractivity (Wildman–Crippen MR) is 77.4 cm³/mol. The highest BCUT2D eigenvalue weighted by molar-refractivity contribution is 9.30. The smallest absolute Gasteiger partial charge is 0.0862 e. The van der Waals surface area contributed by atoms with Crippen LogP contribution in [0.2, 0.25) is 0 Å². The lowest BCUT2D eigenvalue weighted by molar-refractivity contribution is 0.842. The van der Waals surface area contributed by atoms with Crippen molar-refractivity contribution in [2.24, 2.45) is 0 Å². The fraction of sp³-hybridized carbons (Fsp3) is 0.667. The van der Waals surface area contributed by atoms with Crippen LogP contribution in [0.4, 0.5) is 0 Å². The third kappa shape index (κ3) is 4.01. The first-order valence-electron chi connectivity index (χ1n) is 3.07. The van der Waals surface area contributed by atoms with E-state index >= 15 is 0 Å². The van der Waals surface area contributed by atoms with Crippen LogP contribution in [-0.2, 0) is 0 Å². The number of hydrogen-bond donors (Lipinski definition) is 0. The molecule has 0 rings (SSSR count). The monoisotopic (exact) mass is 552 g/mol. The van der Waals surface area contributed by atoms with Gasteiger partial charge in [-0.2, -0.15) is 0 Å². The first-order valence-corrected chi connectivity index (χ1v) is 7.95. The molecule has 0 aliphatic rings. The van der Waals surface area contributed by atoms with E-state index in [1.807, 2.05) is 0 Å². The summed E-state index contributed by atoms with van der Waals surface area (Å²) in [6.07, 6.45) is 1.01. The highest BCUT2D eigenvalue weighted by atomic mass is 79.9. The van der Waals surface area contributed by atoms with Gasteiger partial charge in [0.05, 0.1) is 3.39 Å². The third-order valence-electron chi connectivity index (χ3n) is 1.21. The van der Waals surface area contributed by atoms with Gasteiger partial charge in [0.1, 0.15) is 3.23 Å². The highest BCUT2D eigenvalue weighted by Gasteiger charge is 2.35. The Labute approximate surface area is 123 Å². The molecule has 0 N–H and O–H groups in total. The number of hydrogen-bond acceptors (Lipinski definition) is 0. The molecule has 12 heavy (non-hydrogen) atoms. The molecule has 72 valence electrons. The van der Waals surface area contributed by atoms with Crippen molar-refractivity contribution in [2.45, 2.75) is 21.4 Å². The van der Waals surface area contributed by atoms with E-state index in [0.29, 0.717) is 4.83 Å². The van der Waals surface area contributed by atoms with Crippen molar-refractivity contribution in [2.75, 3.05) is 0 Å². The zero-order valence-corrected chi connectivity index (χ0v) is 15.6. The van der Waals surface area contributed by atoms with Crippen LogP contribution < -0.4 is 0 Å². The van der Waals surface area contributed by atoms with Gasteiger partial charge in [0.25, 0.3) is 0 Å². The minimum absolute atomic E-state index is 0.267. The molecule has 0 heterocycles. The van der Waals surface area contributed by atoms with Crippen molar-refractivity contribution in [1.82, 2.24) is 0 Å². The van der Waals surface area contributed by atoms with E-state index in [4.69, 9.17) is 0 Å². The van der Waals surface area contributed by atoms with Crippen LogP contribution in [0.15, 0.2) is 7.87 Å². The molecule has 0 aromatic heterocycles.